The molecule has 0 bridgehead atoms. The molecule has 0 spiro atoms. The van der Waals surface area contributed by atoms with Gasteiger partial charge in [0.15, 0.2) is 0 Å². The van der Waals surface area contributed by atoms with Crippen molar-refractivity contribution in [3.8, 4) is 0 Å². The van der Waals surface area contributed by atoms with Crippen molar-refractivity contribution in [3.05, 3.63) is 34.9 Å². The molecule has 3 amide bonds. The zero-order valence-electron chi connectivity index (χ0n) is 16.9. The number of amides is 3. The Morgan fingerprint density at radius 1 is 1.23 bits per heavy atom. The van der Waals surface area contributed by atoms with E-state index in [-0.39, 0.29) is 36.6 Å². The van der Waals surface area contributed by atoms with Crippen LogP contribution in [0.25, 0.3) is 0 Å². The number of carbonyl (C=O) groups is 2. The van der Waals surface area contributed by atoms with Crippen molar-refractivity contribution in [3.63, 3.8) is 0 Å². The number of alkyl halides is 3. The Labute approximate surface area is 173 Å². The molecule has 0 radical (unpaired) electrons. The van der Waals surface area contributed by atoms with E-state index in [9.17, 15) is 22.8 Å². The molecule has 1 aromatic carbocycles. The summed E-state index contributed by atoms with van der Waals surface area (Å²) in [6.45, 7) is 3.84. The number of halogens is 3. The second-order valence-corrected chi connectivity index (χ2v) is 8.51. The molecule has 4 rings (SSSR count). The van der Waals surface area contributed by atoms with Crippen LogP contribution in [0.3, 0.4) is 0 Å². The molecule has 1 aromatic rings. The minimum atomic E-state index is -4.35. The summed E-state index contributed by atoms with van der Waals surface area (Å²) in [7, 11) is 0. The lowest BCUT2D eigenvalue weighted by atomic mass is 9.90. The highest BCUT2D eigenvalue weighted by atomic mass is 19.4. The summed E-state index contributed by atoms with van der Waals surface area (Å²) < 4.78 is 45.3. The minimum absolute atomic E-state index is 0.0479. The van der Waals surface area contributed by atoms with Crippen molar-refractivity contribution in [1.29, 1.82) is 0 Å². The van der Waals surface area contributed by atoms with Crippen molar-refractivity contribution in [2.75, 3.05) is 32.8 Å². The van der Waals surface area contributed by atoms with Gasteiger partial charge < -0.3 is 19.9 Å². The SMILES string of the molecule is Cc1ccc(CCC2CN(C(=O)N3CC[C@@H]4OCC(=O)N[C@@H]4C3)C2)c(C(F)(F)F)c1. The average molecular weight is 425 g/mol. The first kappa shape index (κ1) is 21.0. The molecular formula is C21H26F3N3O3. The Balaban J connectivity index is 1.27. The fraction of sp³-hybridized carbons (Fsp3) is 0.619. The summed E-state index contributed by atoms with van der Waals surface area (Å²) in [4.78, 5) is 27.7. The topological polar surface area (TPSA) is 61.9 Å². The number of ether oxygens (including phenoxy) is 1. The van der Waals surface area contributed by atoms with Crippen LogP contribution in [-0.2, 0) is 22.1 Å². The quantitative estimate of drug-likeness (QED) is 0.810. The van der Waals surface area contributed by atoms with Gasteiger partial charge in [0.05, 0.1) is 17.7 Å². The van der Waals surface area contributed by atoms with Gasteiger partial charge in [0.25, 0.3) is 0 Å². The van der Waals surface area contributed by atoms with E-state index in [2.05, 4.69) is 5.32 Å². The van der Waals surface area contributed by atoms with Gasteiger partial charge in [0.2, 0.25) is 5.91 Å². The third-order valence-electron chi connectivity index (χ3n) is 6.22. The maximum Gasteiger partial charge on any atom is 0.416 e. The van der Waals surface area contributed by atoms with Crippen LogP contribution in [0.5, 0.6) is 0 Å². The summed E-state index contributed by atoms with van der Waals surface area (Å²) in [5.74, 6) is 0.0375. The van der Waals surface area contributed by atoms with Crippen LogP contribution >= 0.6 is 0 Å². The first-order valence-electron chi connectivity index (χ1n) is 10.3. The zero-order valence-corrected chi connectivity index (χ0v) is 16.9. The molecule has 164 valence electrons. The number of aryl methyl sites for hydroxylation is 2. The zero-order chi connectivity index (χ0) is 21.5. The smallest absolute Gasteiger partial charge is 0.366 e. The fourth-order valence-corrected chi connectivity index (χ4v) is 4.51. The summed E-state index contributed by atoms with van der Waals surface area (Å²) in [6.07, 6.45) is -2.76. The molecule has 3 aliphatic rings. The molecule has 0 aliphatic carbocycles. The Morgan fingerprint density at radius 3 is 2.73 bits per heavy atom. The molecule has 1 N–H and O–H groups in total. The highest BCUT2D eigenvalue weighted by molar-refractivity contribution is 5.79. The molecule has 9 heteroatoms. The van der Waals surface area contributed by atoms with Crippen molar-refractivity contribution in [1.82, 2.24) is 15.1 Å². The number of morpholine rings is 1. The minimum Gasteiger partial charge on any atom is -0.366 e. The fourth-order valence-electron chi connectivity index (χ4n) is 4.51. The first-order chi connectivity index (χ1) is 14.2. The lowest BCUT2D eigenvalue weighted by molar-refractivity contribution is -0.140. The highest BCUT2D eigenvalue weighted by Crippen LogP contribution is 2.34. The molecule has 30 heavy (non-hydrogen) atoms. The third-order valence-corrected chi connectivity index (χ3v) is 6.22. The molecule has 3 fully saturated rings. The molecule has 0 aromatic heterocycles. The molecule has 0 unspecified atom stereocenters. The van der Waals surface area contributed by atoms with Crippen LogP contribution in [0.4, 0.5) is 18.0 Å². The standard InChI is InChI=1S/C21H26F3N3O3/c1-13-2-4-15(16(8-13)21(22,23)24)5-3-14-9-27(10-14)20(29)26-7-6-18-17(11-26)25-19(28)12-30-18/h2,4,8,14,17-18H,3,5-7,9-12H2,1H3,(H,25,28)/t17-,18+/m1/s1. The Morgan fingerprint density at radius 2 is 2.00 bits per heavy atom. The van der Waals surface area contributed by atoms with E-state index in [4.69, 9.17) is 4.74 Å². The summed E-state index contributed by atoms with van der Waals surface area (Å²) >= 11 is 0. The van der Waals surface area contributed by atoms with Crippen LogP contribution < -0.4 is 5.32 Å². The van der Waals surface area contributed by atoms with Crippen LogP contribution in [0.1, 0.15) is 29.5 Å². The maximum absolute atomic E-state index is 13.3. The molecule has 6 nitrogen and oxygen atoms in total. The number of nitrogens with zero attached hydrogens (tertiary/aromatic N) is 2. The lowest BCUT2D eigenvalue weighted by Gasteiger charge is -2.46. The second kappa shape index (κ2) is 8.09. The molecule has 2 atom stereocenters. The van der Waals surface area contributed by atoms with Crippen LogP contribution in [0.2, 0.25) is 0 Å². The van der Waals surface area contributed by atoms with Gasteiger partial charge in [0.1, 0.15) is 6.61 Å². The van der Waals surface area contributed by atoms with E-state index in [0.29, 0.717) is 56.6 Å². The second-order valence-electron chi connectivity index (χ2n) is 8.51. The number of carbonyl (C=O) groups excluding carboxylic acids is 2. The number of urea groups is 1. The van der Waals surface area contributed by atoms with Gasteiger partial charge in [-0.1, -0.05) is 17.7 Å². The number of nitrogens with one attached hydrogen (secondary N) is 1. The van der Waals surface area contributed by atoms with Gasteiger partial charge in [-0.2, -0.15) is 13.2 Å². The van der Waals surface area contributed by atoms with Crippen molar-refractivity contribution in [2.45, 2.75) is 44.5 Å². The van der Waals surface area contributed by atoms with Crippen LogP contribution in [-0.4, -0.2) is 66.7 Å². The van der Waals surface area contributed by atoms with E-state index in [0.717, 1.165) is 0 Å². The van der Waals surface area contributed by atoms with Gasteiger partial charge in [-0.05, 0) is 43.7 Å². The highest BCUT2D eigenvalue weighted by Gasteiger charge is 2.40. The van der Waals surface area contributed by atoms with Crippen LogP contribution in [0.15, 0.2) is 18.2 Å². The van der Waals surface area contributed by atoms with E-state index < -0.39 is 11.7 Å². The normalized spacial score (nSPS) is 24.9. The van der Waals surface area contributed by atoms with Crippen molar-refractivity contribution >= 4 is 11.9 Å². The van der Waals surface area contributed by atoms with Gasteiger partial charge in [-0.3, -0.25) is 4.79 Å². The number of hydrogen-bond donors (Lipinski definition) is 1. The Hall–Kier alpha value is -2.29. The molecule has 0 saturated carbocycles. The van der Waals surface area contributed by atoms with Crippen molar-refractivity contribution < 1.29 is 27.5 Å². The van der Waals surface area contributed by atoms with E-state index in [1.54, 1.807) is 28.9 Å². The van der Waals surface area contributed by atoms with Crippen molar-refractivity contribution in [2.24, 2.45) is 5.92 Å². The Bertz CT molecular complexity index is 823. The third kappa shape index (κ3) is 4.40. The number of hydrogen-bond acceptors (Lipinski definition) is 3. The largest absolute Gasteiger partial charge is 0.416 e. The summed E-state index contributed by atoms with van der Waals surface area (Å²) in [5.41, 5.74) is 0.345. The number of rotatable bonds is 3. The number of fused-ring (bicyclic) bond motifs is 1. The Kier molecular flexibility index (Phi) is 5.65. The number of benzene rings is 1. The van der Waals surface area contributed by atoms with Gasteiger partial charge >= 0.3 is 12.2 Å². The summed E-state index contributed by atoms with van der Waals surface area (Å²) in [6, 6.07) is 4.21. The lowest BCUT2D eigenvalue weighted by Crippen LogP contribution is -2.64. The van der Waals surface area contributed by atoms with E-state index >= 15 is 0 Å². The average Bonchev–Trinajstić information content (AvgIpc) is 2.66. The van der Waals surface area contributed by atoms with Gasteiger partial charge in [-0.25, -0.2) is 4.79 Å². The molecular weight excluding hydrogens is 399 g/mol. The van der Waals surface area contributed by atoms with E-state index in [1.807, 2.05) is 0 Å². The molecule has 3 heterocycles. The molecule has 3 aliphatic heterocycles. The summed E-state index contributed by atoms with van der Waals surface area (Å²) in [5, 5.41) is 2.88. The predicted octanol–water partition coefficient (Wildman–Crippen LogP) is 2.59. The maximum atomic E-state index is 13.3. The number of piperidine rings is 1. The van der Waals surface area contributed by atoms with E-state index in [1.165, 1.54) is 6.07 Å². The number of likely N-dealkylation sites (tertiary alicyclic amines) is 2. The predicted molar refractivity (Wildman–Crippen MR) is 103 cm³/mol. The van der Waals surface area contributed by atoms with Gasteiger partial charge in [0, 0.05) is 26.2 Å². The van der Waals surface area contributed by atoms with Crippen LogP contribution in [0, 0.1) is 12.8 Å². The monoisotopic (exact) mass is 425 g/mol. The molecule has 3 saturated heterocycles. The first-order valence-corrected chi connectivity index (χ1v) is 10.3. The van der Waals surface area contributed by atoms with Gasteiger partial charge in [-0.15, -0.1) is 0 Å².